The summed E-state index contributed by atoms with van der Waals surface area (Å²) in [5.74, 6) is -1.05. The zero-order valence-electron chi connectivity index (χ0n) is 18.8. The second-order valence-electron chi connectivity index (χ2n) is 8.27. The maximum absolute atomic E-state index is 13.0. The van der Waals surface area contributed by atoms with Crippen molar-refractivity contribution in [3.63, 3.8) is 0 Å². The van der Waals surface area contributed by atoms with E-state index in [0.717, 1.165) is 22.0 Å². The Kier molecular flexibility index (Phi) is 5.71. The van der Waals surface area contributed by atoms with Crippen molar-refractivity contribution in [2.24, 2.45) is 0 Å². The summed E-state index contributed by atoms with van der Waals surface area (Å²) in [6.07, 6.45) is -0.0453. The Hall–Kier alpha value is -3.65. The Morgan fingerprint density at radius 1 is 1.12 bits per heavy atom. The first-order valence-electron chi connectivity index (χ1n) is 10.4. The van der Waals surface area contributed by atoms with Gasteiger partial charge in [-0.15, -0.1) is 0 Å². The van der Waals surface area contributed by atoms with Crippen LogP contribution < -0.4 is 10.7 Å². The van der Waals surface area contributed by atoms with Gasteiger partial charge in [0.2, 0.25) is 5.91 Å². The Balaban J connectivity index is 1.53. The number of benzene rings is 2. The van der Waals surface area contributed by atoms with Crippen molar-refractivity contribution in [1.29, 1.82) is 0 Å². The highest BCUT2D eigenvalue weighted by Gasteiger charge is 2.50. The quantitative estimate of drug-likeness (QED) is 0.564. The number of imide groups is 1. The van der Waals surface area contributed by atoms with Crippen LogP contribution in [0.2, 0.25) is 5.02 Å². The number of hydrazine groups is 1. The molecule has 2 aromatic carbocycles. The van der Waals surface area contributed by atoms with Gasteiger partial charge in [0.25, 0.3) is 5.91 Å². The summed E-state index contributed by atoms with van der Waals surface area (Å²) in [7, 11) is 0. The molecular weight excluding hydrogens is 442 g/mol. The van der Waals surface area contributed by atoms with Crippen molar-refractivity contribution >= 4 is 29.4 Å². The smallest absolute Gasteiger partial charge is 0.318 e. The van der Waals surface area contributed by atoms with Crippen LogP contribution in [-0.2, 0) is 21.5 Å². The lowest BCUT2D eigenvalue weighted by Gasteiger charge is -2.22. The van der Waals surface area contributed by atoms with Gasteiger partial charge in [-0.1, -0.05) is 48.0 Å². The van der Waals surface area contributed by atoms with Crippen molar-refractivity contribution in [3.8, 4) is 5.69 Å². The van der Waals surface area contributed by atoms with Gasteiger partial charge >= 0.3 is 6.03 Å². The number of amides is 4. The summed E-state index contributed by atoms with van der Waals surface area (Å²) in [5, 5.41) is 8.58. The minimum atomic E-state index is -1.26. The average Bonchev–Trinajstić information content (AvgIpc) is 3.19. The summed E-state index contributed by atoms with van der Waals surface area (Å²) in [4.78, 5) is 38.3. The number of hydrogen-bond donors (Lipinski definition) is 2. The number of aryl methyl sites for hydroxylation is 2. The molecule has 9 heteroatoms. The molecule has 3 aromatic rings. The van der Waals surface area contributed by atoms with Gasteiger partial charge in [0.15, 0.2) is 0 Å². The summed E-state index contributed by atoms with van der Waals surface area (Å²) in [5.41, 5.74) is 5.71. The summed E-state index contributed by atoms with van der Waals surface area (Å²) < 4.78 is 1.73. The number of aromatic nitrogens is 2. The summed E-state index contributed by atoms with van der Waals surface area (Å²) in [6.45, 7) is 7.19. The molecule has 0 aliphatic carbocycles. The fourth-order valence-corrected chi connectivity index (χ4v) is 4.10. The summed E-state index contributed by atoms with van der Waals surface area (Å²) in [6, 6.07) is 13.8. The number of carbonyl (C=O) groups excluding carboxylic acids is 3. The number of urea groups is 1. The Bertz CT molecular complexity index is 1270. The third-order valence-electron chi connectivity index (χ3n) is 5.96. The van der Waals surface area contributed by atoms with Crippen molar-refractivity contribution in [2.45, 2.75) is 39.7 Å². The van der Waals surface area contributed by atoms with Gasteiger partial charge < -0.3 is 5.32 Å². The molecule has 8 nitrogen and oxygen atoms in total. The second kappa shape index (κ2) is 8.37. The van der Waals surface area contributed by atoms with E-state index in [1.807, 2.05) is 45.0 Å². The van der Waals surface area contributed by atoms with Gasteiger partial charge in [-0.3, -0.25) is 15.0 Å². The number of nitrogens with one attached hydrogen (secondary N) is 2. The van der Waals surface area contributed by atoms with Crippen molar-refractivity contribution in [1.82, 2.24) is 25.5 Å². The Labute approximate surface area is 196 Å². The predicted octanol–water partition coefficient (Wildman–Crippen LogP) is 3.49. The van der Waals surface area contributed by atoms with E-state index in [9.17, 15) is 14.4 Å². The molecule has 2 N–H and O–H groups in total. The maximum Gasteiger partial charge on any atom is 0.344 e. The summed E-state index contributed by atoms with van der Waals surface area (Å²) >= 11 is 6.26. The average molecular weight is 466 g/mol. The molecule has 0 radical (unpaired) electrons. The number of carbonyl (C=O) groups is 3. The first-order valence-corrected chi connectivity index (χ1v) is 10.8. The molecule has 170 valence electrons. The van der Waals surface area contributed by atoms with Crippen LogP contribution in [0.15, 0.2) is 48.5 Å². The van der Waals surface area contributed by atoms with Crippen LogP contribution in [0, 0.1) is 20.8 Å². The lowest BCUT2D eigenvalue weighted by Crippen LogP contribution is -2.48. The first kappa shape index (κ1) is 22.5. The lowest BCUT2D eigenvalue weighted by molar-refractivity contribution is -0.138. The highest BCUT2D eigenvalue weighted by Crippen LogP contribution is 2.28. The van der Waals surface area contributed by atoms with Gasteiger partial charge in [-0.05, 0) is 51.0 Å². The molecule has 0 spiro atoms. The number of hydrogen-bond acceptors (Lipinski definition) is 4. The molecule has 1 aromatic heterocycles. The van der Waals surface area contributed by atoms with Gasteiger partial charge in [-0.25, -0.2) is 9.48 Å². The van der Waals surface area contributed by atoms with Gasteiger partial charge in [-0.2, -0.15) is 10.1 Å². The molecule has 0 bridgehead atoms. The monoisotopic (exact) mass is 465 g/mol. The second-order valence-corrected chi connectivity index (χ2v) is 8.68. The molecule has 1 unspecified atom stereocenters. The zero-order chi connectivity index (χ0) is 23.9. The van der Waals surface area contributed by atoms with Crippen LogP contribution in [0.1, 0.15) is 35.0 Å². The minimum Gasteiger partial charge on any atom is -0.318 e. The van der Waals surface area contributed by atoms with E-state index >= 15 is 0 Å². The number of halogens is 1. The van der Waals surface area contributed by atoms with Crippen molar-refractivity contribution < 1.29 is 14.4 Å². The first-order chi connectivity index (χ1) is 15.6. The number of nitrogens with zero attached hydrogens (tertiary/aromatic N) is 3. The molecule has 1 aliphatic heterocycles. The normalized spacial score (nSPS) is 17.9. The predicted molar refractivity (Wildman–Crippen MR) is 124 cm³/mol. The molecule has 1 fully saturated rings. The molecule has 0 saturated carbocycles. The Morgan fingerprint density at radius 2 is 1.82 bits per heavy atom. The third-order valence-corrected chi connectivity index (χ3v) is 6.36. The fourth-order valence-electron chi connectivity index (χ4n) is 3.93. The molecule has 1 saturated heterocycles. The lowest BCUT2D eigenvalue weighted by atomic mass is 9.92. The van der Waals surface area contributed by atoms with Crippen LogP contribution in [0.4, 0.5) is 4.79 Å². The van der Waals surface area contributed by atoms with E-state index in [1.54, 1.807) is 35.9 Å². The molecule has 1 aliphatic rings. The van der Waals surface area contributed by atoms with Crippen LogP contribution in [-0.4, -0.2) is 32.6 Å². The third kappa shape index (κ3) is 3.98. The SMILES string of the molecule is Cc1ccc(-n2nc(C)c(CC(=O)NN3C(=O)NC(C)(c4ccccc4)C3=O)c2C)cc1Cl. The maximum atomic E-state index is 13.0. The minimum absolute atomic E-state index is 0.0453. The molecule has 1 atom stereocenters. The van der Waals surface area contributed by atoms with E-state index in [-0.39, 0.29) is 6.42 Å². The fraction of sp³-hybridized carbons (Fsp3) is 0.250. The van der Waals surface area contributed by atoms with Crippen molar-refractivity contribution in [2.75, 3.05) is 0 Å². The molecular formula is C24H24ClN5O3. The van der Waals surface area contributed by atoms with Gasteiger partial charge in [0.05, 0.1) is 17.8 Å². The highest BCUT2D eigenvalue weighted by molar-refractivity contribution is 6.31. The standard InChI is InChI=1S/C24H24ClN5O3/c1-14-10-11-18(12-20(14)25)29-16(3)19(15(2)27-29)13-21(31)28-30-22(32)24(4,26-23(30)33)17-8-6-5-7-9-17/h5-12H,13H2,1-4H3,(H,26,33)(H,28,31). The molecule has 4 rings (SSSR count). The van der Waals surface area contributed by atoms with E-state index < -0.39 is 23.4 Å². The van der Waals surface area contributed by atoms with E-state index in [4.69, 9.17) is 11.6 Å². The van der Waals surface area contributed by atoms with Gasteiger partial charge in [0.1, 0.15) is 5.54 Å². The van der Waals surface area contributed by atoms with Crippen molar-refractivity contribution in [3.05, 3.63) is 81.6 Å². The molecule has 33 heavy (non-hydrogen) atoms. The molecule has 4 amide bonds. The molecule has 2 heterocycles. The highest BCUT2D eigenvalue weighted by atomic mass is 35.5. The van der Waals surface area contributed by atoms with Crippen LogP contribution in [0.25, 0.3) is 5.69 Å². The van der Waals surface area contributed by atoms with E-state index in [1.165, 1.54) is 0 Å². The van der Waals surface area contributed by atoms with Crippen LogP contribution in [0.3, 0.4) is 0 Å². The Morgan fingerprint density at radius 3 is 2.48 bits per heavy atom. The van der Waals surface area contributed by atoms with E-state index in [0.29, 0.717) is 21.8 Å². The van der Waals surface area contributed by atoms with E-state index in [2.05, 4.69) is 15.8 Å². The van der Waals surface area contributed by atoms with Crippen LogP contribution >= 0.6 is 11.6 Å². The topological polar surface area (TPSA) is 96.3 Å². The van der Waals surface area contributed by atoms with Gasteiger partial charge in [0, 0.05) is 16.3 Å². The number of rotatable bonds is 5. The zero-order valence-corrected chi connectivity index (χ0v) is 19.5. The van der Waals surface area contributed by atoms with Crippen LogP contribution in [0.5, 0.6) is 0 Å². The largest absolute Gasteiger partial charge is 0.344 e.